The zero-order valence-corrected chi connectivity index (χ0v) is 10.6. The first-order valence-electron chi connectivity index (χ1n) is 4.93. The van der Waals surface area contributed by atoms with E-state index in [1.807, 2.05) is 13.8 Å². The normalized spacial score (nSPS) is 11.3. The van der Waals surface area contributed by atoms with E-state index in [-0.39, 0.29) is 0 Å². The number of carboxylic acids is 1. The van der Waals surface area contributed by atoms with Crippen LogP contribution < -0.4 is 4.74 Å². The summed E-state index contributed by atoms with van der Waals surface area (Å²) in [7, 11) is 0. The molecular formula is C12H15ClO3. The van der Waals surface area contributed by atoms with Crippen LogP contribution in [0.5, 0.6) is 5.75 Å². The van der Waals surface area contributed by atoms with Gasteiger partial charge in [0, 0.05) is 5.02 Å². The quantitative estimate of drug-likeness (QED) is 0.886. The molecule has 1 rings (SSSR count). The lowest BCUT2D eigenvalue weighted by molar-refractivity contribution is -0.152. The highest BCUT2D eigenvalue weighted by atomic mass is 35.5. The first-order valence-corrected chi connectivity index (χ1v) is 5.31. The molecule has 0 heterocycles. The molecule has 0 aliphatic rings. The molecule has 88 valence electrons. The standard InChI is InChI=1S/C12H15ClO3/c1-7-5-9(6-8(2)10(7)13)16-12(3,4)11(14)15/h5-6H,1-4H3,(H,14,15). The largest absolute Gasteiger partial charge is 0.478 e. The fourth-order valence-corrected chi connectivity index (χ4v) is 1.41. The van der Waals surface area contributed by atoms with Crippen molar-refractivity contribution in [1.29, 1.82) is 0 Å². The first kappa shape index (κ1) is 12.8. The number of aliphatic carboxylic acids is 1. The molecule has 0 aromatic heterocycles. The number of carboxylic acid groups (broad SMARTS) is 1. The van der Waals surface area contributed by atoms with Crippen molar-refractivity contribution in [3.8, 4) is 5.75 Å². The molecular weight excluding hydrogens is 228 g/mol. The number of benzene rings is 1. The van der Waals surface area contributed by atoms with Gasteiger partial charge in [0.15, 0.2) is 5.60 Å². The highest BCUT2D eigenvalue weighted by Crippen LogP contribution is 2.28. The van der Waals surface area contributed by atoms with Crippen molar-refractivity contribution in [2.75, 3.05) is 0 Å². The van der Waals surface area contributed by atoms with E-state index >= 15 is 0 Å². The van der Waals surface area contributed by atoms with E-state index in [1.54, 1.807) is 12.1 Å². The highest BCUT2D eigenvalue weighted by Gasteiger charge is 2.29. The molecule has 0 atom stereocenters. The summed E-state index contributed by atoms with van der Waals surface area (Å²) in [5.41, 5.74) is 0.503. The van der Waals surface area contributed by atoms with Crippen LogP contribution >= 0.6 is 11.6 Å². The molecule has 0 bridgehead atoms. The maximum absolute atomic E-state index is 10.9. The van der Waals surface area contributed by atoms with Crippen molar-refractivity contribution >= 4 is 17.6 Å². The topological polar surface area (TPSA) is 46.5 Å². The van der Waals surface area contributed by atoms with Crippen molar-refractivity contribution in [3.05, 3.63) is 28.3 Å². The van der Waals surface area contributed by atoms with Gasteiger partial charge in [0.25, 0.3) is 0 Å². The molecule has 1 aromatic carbocycles. The third kappa shape index (κ3) is 2.67. The molecule has 1 N–H and O–H groups in total. The average Bonchev–Trinajstić information content (AvgIpc) is 2.13. The number of hydrogen-bond donors (Lipinski definition) is 1. The van der Waals surface area contributed by atoms with Gasteiger partial charge in [0.1, 0.15) is 5.75 Å². The fourth-order valence-electron chi connectivity index (χ4n) is 1.30. The van der Waals surface area contributed by atoms with Crippen molar-refractivity contribution in [2.24, 2.45) is 0 Å². The minimum atomic E-state index is -1.24. The molecule has 0 amide bonds. The molecule has 0 spiro atoms. The fraction of sp³-hybridized carbons (Fsp3) is 0.417. The predicted molar refractivity (Wildman–Crippen MR) is 63.3 cm³/mol. The lowest BCUT2D eigenvalue weighted by Gasteiger charge is -2.22. The molecule has 4 heteroatoms. The van der Waals surface area contributed by atoms with E-state index in [4.69, 9.17) is 21.4 Å². The van der Waals surface area contributed by atoms with Crippen LogP contribution in [0.25, 0.3) is 0 Å². The van der Waals surface area contributed by atoms with Crippen LogP contribution in [0.15, 0.2) is 12.1 Å². The van der Waals surface area contributed by atoms with Crippen LogP contribution in [-0.4, -0.2) is 16.7 Å². The van der Waals surface area contributed by atoms with Crippen LogP contribution in [0.4, 0.5) is 0 Å². The Labute approximate surface area is 100.0 Å². The van der Waals surface area contributed by atoms with Crippen LogP contribution in [0, 0.1) is 13.8 Å². The average molecular weight is 243 g/mol. The molecule has 0 fully saturated rings. The minimum absolute atomic E-state index is 0.520. The van der Waals surface area contributed by atoms with Crippen LogP contribution in [0.1, 0.15) is 25.0 Å². The molecule has 0 radical (unpaired) electrons. The molecule has 0 unspecified atom stereocenters. The monoisotopic (exact) mass is 242 g/mol. The molecule has 1 aromatic rings. The minimum Gasteiger partial charge on any atom is -0.478 e. The van der Waals surface area contributed by atoms with E-state index in [1.165, 1.54) is 13.8 Å². The van der Waals surface area contributed by atoms with Gasteiger partial charge in [-0.05, 0) is 51.0 Å². The Hall–Kier alpha value is -1.22. The van der Waals surface area contributed by atoms with Gasteiger partial charge in [-0.15, -0.1) is 0 Å². The SMILES string of the molecule is Cc1cc(OC(C)(C)C(=O)O)cc(C)c1Cl. The predicted octanol–water partition coefficient (Wildman–Crippen LogP) is 3.20. The highest BCUT2D eigenvalue weighted by molar-refractivity contribution is 6.32. The van der Waals surface area contributed by atoms with Crippen LogP contribution in [-0.2, 0) is 4.79 Å². The Bertz CT molecular complexity index is 401. The van der Waals surface area contributed by atoms with Crippen molar-refractivity contribution in [1.82, 2.24) is 0 Å². The van der Waals surface area contributed by atoms with Gasteiger partial charge in [0.05, 0.1) is 0 Å². The second-order valence-corrected chi connectivity index (χ2v) is 4.67. The van der Waals surface area contributed by atoms with E-state index in [0.29, 0.717) is 10.8 Å². The lowest BCUT2D eigenvalue weighted by atomic mass is 10.1. The molecule has 3 nitrogen and oxygen atoms in total. The van der Waals surface area contributed by atoms with Gasteiger partial charge < -0.3 is 9.84 Å². The summed E-state index contributed by atoms with van der Waals surface area (Å²) in [5.74, 6) is -0.482. The van der Waals surface area contributed by atoms with Crippen molar-refractivity contribution in [3.63, 3.8) is 0 Å². The maximum Gasteiger partial charge on any atom is 0.347 e. The van der Waals surface area contributed by atoms with Crippen molar-refractivity contribution < 1.29 is 14.6 Å². The Kier molecular flexibility index (Phi) is 3.48. The van der Waals surface area contributed by atoms with E-state index in [9.17, 15) is 4.79 Å². The third-order valence-electron chi connectivity index (χ3n) is 2.30. The number of rotatable bonds is 3. The van der Waals surface area contributed by atoms with Crippen LogP contribution in [0.3, 0.4) is 0 Å². The molecule has 0 aliphatic heterocycles. The second kappa shape index (κ2) is 4.34. The summed E-state index contributed by atoms with van der Waals surface area (Å²) in [6, 6.07) is 3.47. The van der Waals surface area contributed by atoms with Gasteiger partial charge in [-0.3, -0.25) is 0 Å². The zero-order valence-electron chi connectivity index (χ0n) is 9.80. The van der Waals surface area contributed by atoms with Gasteiger partial charge in [-0.1, -0.05) is 11.6 Å². The van der Waals surface area contributed by atoms with E-state index in [0.717, 1.165) is 11.1 Å². The summed E-state index contributed by atoms with van der Waals surface area (Å²) in [4.78, 5) is 10.9. The van der Waals surface area contributed by atoms with Gasteiger partial charge >= 0.3 is 5.97 Å². The Morgan fingerprint density at radius 1 is 1.31 bits per heavy atom. The molecule has 0 aliphatic carbocycles. The number of halogens is 1. The molecule has 0 saturated carbocycles. The summed E-state index contributed by atoms with van der Waals surface area (Å²) < 4.78 is 5.42. The lowest BCUT2D eigenvalue weighted by Crippen LogP contribution is -2.37. The molecule has 0 saturated heterocycles. The first-order chi connectivity index (χ1) is 7.24. The van der Waals surface area contributed by atoms with Gasteiger partial charge in [0.2, 0.25) is 0 Å². The third-order valence-corrected chi connectivity index (χ3v) is 2.89. The number of aryl methyl sites for hydroxylation is 2. The Balaban J connectivity index is 3.04. The smallest absolute Gasteiger partial charge is 0.347 e. The Morgan fingerprint density at radius 3 is 2.12 bits per heavy atom. The van der Waals surface area contributed by atoms with Gasteiger partial charge in [-0.2, -0.15) is 0 Å². The number of hydrogen-bond acceptors (Lipinski definition) is 2. The van der Waals surface area contributed by atoms with Crippen LogP contribution in [0.2, 0.25) is 5.02 Å². The van der Waals surface area contributed by atoms with E-state index in [2.05, 4.69) is 0 Å². The van der Waals surface area contributed by atoms with Gasteiger partial charge in [-0.25, -0.2) is 4.79 Å². The number of ether oxygens (including phenoxy) is 1. The second-order valence-electron chi connectivity index (χ2n) is 4.29. The summed E-state index contributed by atoms with van der Waals surface area (Å²) >= 11 is 6.01. The Morgan fingerprint density at radius 2 is 1.75 bits per heavy atom. The summed E-state index contributed by atoms with van der Waals surface area (Å²) in [6.07, 6.45) is 0. The van der Waals surface area contributed by atoms with E-state index < -0.39 is 11.6 Å². The number of carbonyl (C=O) groups is 1. The summed E-state index contributed by atoms with van der Waals surface area (Å²) in [6.45, 7) is 6.73. The zero-order chi connectivity index (χ0) is 12.5. The molecule has 16 heavy (non-hydrogen) atoms. The van der Waals surface area contributed by atoms with Crippen molar-refractivity contribution in [2.45, 2.75) is 33.3 Å². The summed E-state index contributed by atoms with van der Waals surface area (Å²) in [5, 5.41) is 9.63. The maximum atomic E-state index is 10.9.